The zero-order valence-corrected chi connectivity index (χ0v) is 11.6. The first-order valence-corrected chi connectivity index (χ1v) is 6.22. The Kier molecular flexibility index (Phi) is 4.52. The number of aromatic nitrogens is 2. The Labute approximate surface area is 125 Å². The normalized spacial score (nSPS) is 10.0. The lowest BCUT2D eigenvalue weighted by atomic mass is 10.1. The largest absolute Gasteiger partial charge is 0.506 e. The number of nitrogens with one attached hydrogen (secondary N) is 1. The SMILES string of the molecule is COC(=O)c1ccc(Nc2cc(CC(=O)O)ccc2O)nn1. The minimum atomic E-state index is -0.973. The Morgan fingerprint density at radius 2 is 2.00 bits per heavy atom. The number of esters is 1. The first-order valence-electron chi connectivity index (χ1n) is 6.22. The number of aliphatic carboxylic acids is 1. The Morgan fingerprint density at radius 3 is 2.59 bits per heavy atom. The van der Waals surface area contributed by atoms with Gasteiger partial charge in [0, 0.05) is 0 Å². The fourth-order valence-electron chi connectivity index (χ4n) is 1.72. The number of ether oxygens (including phenoxy) is 1. The summed E-state index contributed by atoms with van der Waals surface area (Å²) in [6.45, 7) is 0. The van der Waals surface area contributed by atoms with E-state index in [-0.39, 0.29) is 23.7 Å². The molecular weight excluding hydrogens is 290 g/mol. The Balaban J connectivity index is 2.19. The molecule has 0 spiro atoms. The van der Waals surface area contributed by atoms with E-state index in [0.717, 1.165) is 0 Å². The molecule has 1 heterocycles. The topological polar surface area (TPSA) is 122 Å². The van der Waals surface area contributed by atoms with Gasteiger partial charge in [-0.15, -0.1) is 10.2 Å². The van der Waals surface area contributed by atoms with Crippen LogP contribution in [-0.2, 0) is 16.0 Å². The third kappa shape index (κ3) is 3.69. The van der Waals surface area contributed by atoms with Gasteiger partial charge in [-0.25, -0.2) is 4.79 Å². The Hall–Kier alpha value is -3.16. The number of carbonyl (C=O) groups is 2. The molecule has 0 fully saturated rings. The van der Waals surface area contributed by atoms with Crippen LogP contribution >= 0.6 is 0 Å². The van der Waals surface area contributed by atoms with Gasteiger partial charge < -0.3 is 20.3 Å². The van der Waals surface area contributed by atoms with Crippen LogP contribution in [0.5, 0.6) is 5.75 Å². The highest BCUT2D eigenvalue weighted by Crippen LogP contribution is 2.27. The fourth-order valence-corrected chi connectivity index (χ4v) is 1.72. The molecule has 8 heteroatoms. The molecule has 0 aliphatic rings. The van der Waals surface area contributed by atoms with Crippen LogP contribution in [0.2, 0.25) is 0 Å². The minimum absolute atomic E-state index is 0.0527. The van der Waals surface area contributed by atoms with Gasteiger partial charge in [-0.1, -0.05) is 6.07 Å². The van der Waals surface area contributed by atoms with Crippen LogP contribution in [0.4, 0.5) is 11.5 Å². The van der Waals surface area contributed by atoms with E-state index in [4.69, 9.17) is 5.11 Å². The number of carboxylic acids is 1. The number of phenols is 1. The maximum atomic E-state index is 11.2. The van der Waals surface area contributed by atoms with Gasteiger partial charge in [-0.3, -0.25) is 4.79 Å². The number of hydrogen-bond acceptors (Lipinski definition) is 7. The molecule has 0 saturated heterocycles. The van der Waals surface area contributed by atoms with Gasteiger partial charge >= 0.3 is 11.9 Å². The maximum Gasteiger partial charge on any atom is 0.358 e. The van der Waals surface area contributed by atoms with Gasteiger partial charge in [0.1, 0.15) is 5.75 Å². The Bertz CT molecular complexity index is 700. The molecule has 0 radical (unpaired) electrons. The molecule has 0 saturated carbocycles. The van der Waals surface area contributed by atoms with Crippen molar-refractivity contribution >= 4 is 23.4 Å². The number of carbonyl (C=O) groups excluding carboxylic acids is 1. The van der Waals surface area contributed by atoms with E-state index in [1.165, 1.54) is 37.4 Å². The number of methoxy groups -OCH3 is 1. The van der Waals surface area contributed by atoms with E-state index in [2.05, 4.69) is 20.3 Å². The average Bonchev–Trinajstić information content (AvgIpc) is 2.50. The highest BCUT2D eigenvalue weighted by Gasteiger charge is 2.10. The quantitative estimate of drug-likeness (QED) is 0.559. The van der Waals surface area contributed by atoms with Crippen LogP contribution in [0, 0.1) is 0 Å². The zero-order valence-electron chi connectivity index (χ0n) is 11.6. The molecule has 2 aromatic rings. The monoisotopic (exact) mass is 303 g/mol. The molecule has 0 bridgehead atoms. The fraction of sp³-hybridized carbons (Fsp3) is 0.143. The van der Waals surface area contributed by atoms with Crippen molar-refractivity contribution in [3.05, 3.63) is 41.6 Å². The zero-order chi connectivity index (χ0) is 16.1. The molecule has 8 nitrogen and oxygen atoms in total. The van der Waals surface area contributed by atoms with Crippen molar-refractivity contribution in [2.75, 3.05) is 12.4 Å². The molecule has 22 heavy (non-hydrogen) atoms. The van der Waals surface area contributed by atoms with Crippen LogP contribution in [-0.4, -0.2) is 39.5 Å². The number of benzene rings is 1. The number of anilines is 2. The summed E-state index contributed by atoms with van der Waals surface area (Å²) in [5, 5.41) is 28.8. The van der Waals surface area contributed by atoms with Crippen LogP contribution in [0.25, 0.3) is 0 Å². The summed E-state index contributed by atoms with van der Waals surface area (Å²) < 4.78 is 4.51. The van der Waals surface area contributed by atoms with Crippen molar-refractivity contribution in [3.63, 3.8) is 0 Å². The van der Waals surface area contributed by atoms with Crippen molar-refractivity contribution in [3.8, 4) is 5.75 Å². The lowest BCUT2D eigenvalue weighted by Crippen LogP contribution is -2.06. The lowest BCUT2D eigenvalue weighted by molar-refractivity contribution is -0.136. The highest BCUT2D eigenvalue weighted by atomic mass is 16.5. The molecular formula is C14H13N3O5. The third-order valence-corrected chi connectivity index (χ3v) is 2.74. The summed E-state index contributed by atoms with van der Waals surface area (Å²) in [5.74, 6) is -1.35. The predicted molar refractivity (Wildman–Crippen MR) is 76.1 cm³/mol. The van der Waals surface area contributed by atoms with E-state index >= 15 is 0 Å². The summed E-state index contributed by atoms with van der Waals surface area (Å²) >= 11 is 0. The van der Waals surface area contributed by atoms with Gasteiger partial charge in [0.2, 0.25) is 0 Å². The number of hydrogen-bond donors (Lipinski definition) is 3. The predicted octanol–water partition coefficient (Wildman–Crippen LogP) is 1.34. The van der Waals surface area contributed by atoms with E-state index in [1.807, 2.05) is 0 Å². The Morgan fingerprint density at radius 1 is 1.23 bits per heavy atom. The molecule has 1 aromatic heterocycles. The lowest BCUT2D eigenvalue weighted by Gasteiger charge is -2.09. The van der Waals surface area contributed by atoms with Crippen molar-refractivity contribution in [2.24, 2.45) is 0 Å². The molecule has 0 unspecified atom stereocenters. The van der Waals surface area contributed by atoms with E-state index < -0.39 is 11.9 Å². The molecule has 3 N–H and O–H groups in total. The minimum Gasteiger partial charge on any atom is -0.506 e. The number of rotatable bonds is 5. The molecule has 0 aliphatic carbocycles. The second-order valence-electron chi connectivity index (χ2n) is 4.34. The van der Waals surface area contributed by atoms with Gasteiger partial charge in [-0.2, -0.15) is 0 Å². The molecule has 1 aromatic carbocycles. The van der Waals surface area contributed by atoms with E-state index in [0.29, 0.717) is 11.3 Å². The van der Waals surface area contributed by atoms with Crippen molar-refractivity contribution in [2.45, 2.75) is 6.42 Å². The highest BCUT2D eigenvalue weighted by molar-refractivity contribution is 5.87. The maximum absolute atomic E-state index is 11.2. The molecule has 114 valence electrons. The van der Waals surface area contributed by atoms with Gasteiger partial charge in [0.25, 0.3) is 0 Å². The molecule has 2 rings (SSSR count). The summed E-state index contributed by atoms with van der Waals surface area (Å²) in [5.41, 5.74) is 0.864. The number of phenolic OH excluding ortho intramolecular Hbond substituents is 1. The average molecular weight is 303 g/mol. The van der Waals surface area contributed by atoms with Gasteiger partial charge in [-0.05, 0) is 29.8 Å². The van der Waals surface area contributed by atoms with Crippen molar-refractivity contribution < 1.29 is 24.5 Å². The van der Waals surface area contributed by atoms with E-state index in [9.17, 15) is 14.7 Å². The first-order chi connectivity index (χ1) is 10.5. The molecule has 0 aliphatic heterocycles. The second kappa shape index (κ2) is 6.53. The number of aromatic hydroxyl groups is 1. The first kappa shape index (κ1) is 15.2. The number of carboxylic acid groups (broad SMARTS) is 1. The number of nitrogens with zero attached hydrogens (tertiary/aromatic N) is 2. The molecule has 0 atom stereocenters. The summed E-state index contributed by atoms with van der Waals surface area (Å²) in [7, 11) is 1.24. The second-order valence-corrected chi connectivity index (χ2v) is 4.34. The summed E-state index contributed by atoms with van der Waals surface area (Å²) in [6, 6.07) is 7.30. The molecule has 0 amide bonds. The van der Waals surface area contributed by atoms with Crippen LogP contribution < -0.4 is 5.32 Å². The summed E-state index contributed by atoms with van der Waals surface area (Å²) in [6.07, 6.45) is -0.165. The van der Waals surface area contributed by atoms with Gasteiger partial charge in [0.15, 0.2) is 11.5 Å². The third-order valence-electron chi connectivity index (χ3n) is 2.74. The standard InChI is InChI=1S/C14H13N3O5/c1-22-14(21)9-3-5-12(17-16-9)15-10-6-8(7-13(19)20)2-4-11(10)18/h2-6,18H,7H2,1H3,(H,15,17)(H,19,20). The van der Waals surface area contributed by atoms with Crippen LogP contribution in [0.3, 0.4) is 0 Å². The van der Waals surface area contributed by atoms with Crippen LogP contribution in [0.15, 0.2) is 30.3 Å². The van der Waals surface area contributed by atoms with Crippen molar-refractivity contribution in [1.29, 1.82) is 0 Å². The smallest absolute Gasteiger partial charge is 0.358 e. The van der Waals surface area contributed by atoms with Crippen LogP contribution in [0.1, 0.15) is 16.1 Å². The summed E-state index contributed by atoms with van der Waals surface area (Å²) in [4.78, 5) is 21.9. The van der Waals surface area contributed by atoms with E-state index in [1.54, 1.807) is 0 Å². The van der Waals surface area contributed by atoms with Crippen molar-refractivity contribution in [1.82, 2.24) is 10.2 Å². The van der Waals surface area contributed by atoms with Gasteiger partial charge in [0.05, 0.1) is 19.2 Å².